The van der Waals surface area contributed by atoms with Crippen molar-refractivity contribution in [1.29, 1.82) is 0 Å². The van der Waals surface area contributed by atoms with Gasteiger partial charge in [-0.15, -0.1) is 22.7 Å². The van der Waals surface area contributed by atoms with Gasteiger partial charge in [0.15, 0.2) is 6.61 Å². The van der Waals surface area contributed by atoms with Crippen molar-refractivity contribution in [2.45, 2.75) is 19.9 Å². The van der Waals surface area contributed by atoms with E-state index in [1.807, 2.05) is 30.0 Å². The van der Waals surface area contributed by atoms with Crippen LogP contribution in [-0.4, -0.2) is 28.9 Å². The van der Waals surface area contributed by atoms with E-state index < -0.39 is 0 Å². The molecule has 0 saturated carbocycles. The highest BCUT2D eigenvalue weighted by Gasteiger charge is 2.21. The molecule has 27 heavy (non-hydrogen) atoms. The number of hydrogen-bond acceptors (Lipinski definition) is 5. The van der Waals surface area contributed by atoms with Crippen LogP contribution in [0.1, 0.15) is 16.1 Å². The van der Waals surface area contributed by atoms with Gasteiger partial charge < -0.3 is 9.64 Å². The maximum absolute atomic E-state index is 12.7. The molecule has 6 heteroatoms. The van der Waals surface area contributed by atoms with E-state index in [1.54, 1.807) is 22.7 Å². The summed E-state index contributed by atoms with van der Waals surface area (Å²) in [5.41, 5.74) is 3.61. The van der Waals surface area contributed by atoms with Crippen LogP contribution in [-0.2, 0) is 17.8 Å². The summed E-state index contributed by atoms with van der Waals surface area (Å²) >= 11 is 3.33. The zero-order chi connectivity index (χ0) is 18.4. The van der Waals surface area contributed by atoms with Crippen LogP contribution in [0, 0.1) is 6.92 Å². The van der Waals surface area contributed by atoms with Crippen LogP contribution in [0.25, 0.3) is 20.3 Å². The highest BCUT2D eigenvalue weighted by molar-refractivity contribution is 7.21. The van der Waals surface area contributed by atoms with Gasteiger partial charge in [0.05, 0.1) is 19.9 Å². The minimum atomic E-state index is 0.0356. The predicted molar refractivity (Wildman–Crippen MR) is 111 cm³/mol. The van der Waals surface area contributed by atoms with Gasteiger partial charge in [0.25, 0.3) is 5.91 Å². The molecule has 0 saturated heterocycles. The van der Waals surface area contributed by atoms with Gasteiger partial charge in [-0.25, -0.2) is 4.98 Å². The molecule has 0 spiro atoms. The summed E-state index contributed by atoms with van der Waals surface area (Å²) in [6.07, 6.45) is 0.906. The molecule has 1 aliphatic heterocycles. The Morgan fingerprint density at radius 1 is 1.26 bits per heavy atom. The number of nitrogens with zero attached hydrogens (tertiary/aromatic N) is 2. The van der Waals surface area contributed by atoms with Crippen LogP contribution in [0.3, 0.4) is 0 Å². The highest BCUT2D eigenvalue weighted by atomic mass is 32.1. The number of fused-ring (bicyclic) bond motifs is 4. The molecule has 4 nitrogen and oxygen atoms in total. The van der Waals surface area contributed by atoms with Crippen molar-refractivity contribution in [1.82, 2.24) is 9.88 Å². The lowest BCUT2D eigenvalue weighted by molar-refractivity contribution is -0.134. The third kappa shape index (κ3) is 2.99. The normalized spacial score (nSPS) is 13.9. The number of benzene rings is 2. The minimum Gasteiger partial charge on any atom is -0.483 e. The van der Waals surface area contributed by atoms with E-state index in [2.05, 4.69) is 28.6 Å². The first-order valence-electron chi connectivity index (χ1n) is 8.94. The number of rotatable bonds is 3. The molecule has 136 valence electrons. The van der Waals surface area contributed by atoms with Gasteiger partial charge >= 0.3 is 0 Å². The number of thiophene rings is 1. The molecule has 5 rings (SSSR count). The minimum absolute atomic E-state index is 0.0356. The fourth-order valence-corrected chi connectivity index (χ4v) is 5.48. The second kappa shape index (κ2) is 6.62. The third-order valence-corrected chi connectivity index (χ3v) is 6.84. The van der Waals surface area contributed by atoms with Crippen molar-refractivity contribution in [3.63, 3.8) is 0 Å². The number of thiazole rings is 1. The Balaban J connectivity index is 1.37. The van der Waals surface area contributed by atoms with E-state index in [4.69, 9.17) is 4.74 Å². The highest BCUT2D eigenvalue weighted by Crippen LogP contribution is 2.38. The average molecular weight is 395 g/mol. The largest absolute Gasteiger partial charge is 0.483 e. The summed E-state index contributed by atoms with van der Waals surface area (Å²) < 4.78 is 8.23. The van der Waals surface area contributed by atoms with Crippen molar-refractivity contribution in [3.05, 3.63) is 57.9 Å². The first-order chi connectivity index (χ1) is 13.2. The van der Waals surface area contributed by atoms with Gasteiger partial charge in [-0.1, -0.05) is 24.3 Å². The second-order valence-electron chi connectivity index (χ2n) is 6.74. The predicted octanol–water partition coefficient (Wildman–Crippen LogP) is 4.78. The molecule has 0 radical (unpaired) electrons. The monoisotopic (exact) mass is 394 g/mol. The number of hydrogen-bond donors (Lipinski definition) is 0. The molecule has 2 aromatic heterocycles. The molecule has 0 N–H and O–H groups in total. The number of ether oxygens (including phenoxy) is 1. The standard InChI is InChI=1S/C21H18N2O2S2/c1-13-22-20-18(27-13)10-17(16-7-9-26-21(16)20)25-12-19(24)23-8-6-14-4-2-3-5-15(14)11-23/h2-5,7,9-10H,6,8,11-12H2,1H3. The molecule has 0 atom stereocenters. The van der Waals surface area contributed by atoms with Crippen molar-refractivity contribution in [2.75, 3.05) is 13.2 Å². The molecule has 4 aromatic rings. The lowest BCUT2D eigenvalue weighted by atomic mass is 10.00. The van der Waals surface area contributed by atoms with Crippen LogP contribution in [0.5, 0.6) is 5.75 Å². The number of carbonyl (C=O) groups excluding carboxylic acids is 1. The van der Waals surface area contributed by atoms with Crippen LogP contribution < -0.4 is 4.74 Å². The Kier molecular flexibility index (Phi) is 4.10. The van der Waals surface area contributed by atoms with Crippen LogP contribution in [0.4, 0.5) is 0 Å². The van der Waals surface area contributed by atoms with Crippen molar-refractivity contribution < 1.29 is 9.53 Å². The van der Waals surface area contributed by atoms with Gasteiger partial charge in [0.1, 0.15) is 5.75 Å². The summed E-state index contributed by atoms with van der Waals surface area (Å²) in [6.45, 7) is 3.50. The van der Waals surface area contributed by atoms with E-state index in [0.29, 0.717) is 6.54 Å². The molecule has 0 aliphatic carbocycles. The molecule has 0 fully saturated rings. The Labute approximate surface area is 165 Å². The van der Waals surface area contributed by atoms with Gasteiger partial charge in [-0.2, -0.15) is 0 Å². The summed E-state index contributed by atoms with van der Waals surface area (Å²) in [4.78, 5) is 19.3. The number of aryl methyl sites for hydroxylation is 1. The Hall–Kier alpha value is -2.44. The van der Waals surface area contributed by atoms with E-state index in [-0.39, 0.29) is 12.5 Å². The van der Waals surface area contributed by atoms with E-state index >= 15 is 0 Å². The fourth-order valence-electron chi connectivity index (χ4n) is 3.65. The molecule has 1 amide bonds. The lowest BCUT2D eigenvalue weighted by Gasteiger charge is -2.28. The van der Waals surface area contributed by atoms with Crippen molar-refractivity contribution in [3.8, 4) is 5.75 Å². The molecule has 0 bridgehead atoms. The van der Waals surface area contributed by atoms with Gasteiger partial charge in [0, 0.05) is 24.5 Å². The van der Waals surface area contributed by atoms with Crippen LogP contribution >= 0.6 is 22.7 Å². The van der Waals surface area contributed by atoms with Gasteiger partial charge in [0.2, 0.25) is 0 Å². The van der Waals surface area contributed by atoms with E-state index in [1.165, 1.54) is 11.1 Å². The van der Waals surface area contributed by atoms with Crippen LogP contribution in [0.15, 0.2) is 41.8 Å². The zero-order valence-corrected chi connectivity index (χ0v) is 16.5. The quantitative estimate of drug-likeness (QED) is 0.502. The Morgan fingerprint density at radius 3 is 3.00 bits per heavy atom. The summed E-state index contributed by atoms with van der Waals surface area (Å²) in [5.74, 6) is 0.807. The first-order valence-corrected chi connectivity index (χ1v) is 10.6. The average Bonchev–Trinajstić information content (AvgIpc) is 3.31. The van der Waals surface area contributed by atoms with Gasteiger partial charge in [-0.05, 0) is 35.9 Å². The van der Waals surface area contributed by atoms with Crippen LogP contribution in [0.2, 0.25) is 0 Å². The summed E-state index contributed by atoms with van der Waals surface area (Å²) in [5, 5.41) is 4.13. The first kappa shape index (κ1) is 16.7. The maximum Gasteiger partial charge on any atom is 0.260 e. The van der Waals surface area contributed by atoms with Crippen molar-refractivity contribution >= 4 is 48.9 Å². The number of carbonyl (C=O) groups is 1. The molecule has 1 aliphatic rings. The zero-order valence-electron chi connectivity index (χ0n) is 14.9. The molecule has 2 aromatic carbocycles. The molecule has 3 heterocycles. The summed E-state index contributed by atoms with van der Waals surface area (Å²) in [7, 11) is 0. The second-order valence-corrected chi connectivity index (χ2v) is 8.89. The molecule has 0 unspecified atom stereocenters. The van der Waals surface area contributed by atoms with Gasteiger partial charge in [-0.3, -0.25) is 4.79 Å². The Morgan fingerprint density at radius 2 is 2.11 bits per heavy atom. The maximum atomic E-state index is 12.7. The Bertz CT molecular complexity index is 1160. The molecular formula is C21H18N2O2S2. The van der Waals surface area contributed by atoms with E-state index in [9.17, 15) is 4.79 Å². The third-order valence-electron chi connectivity index (χ3n) is 5.00. The number of amides is 1. The SMILES string of the molecule is Cc1nc2c(cc(OCC(=O)N3CCc4ccccc4C3)c3ccsc32)s1. The van der Waals surface area contributed by atoms with Crippen molar-refractivity contribution in [2.24, 2.45) is 0 Å². The number of aromatic nitrogens is 1. The molecular weight excluding hydrogens is 376 g/mol. The van der Waals surface area contributed by atoms with E-state index in [0.717, 1.165) is 44.0 Å². The summed E-state index contributed by atoms with van der Waals surface area (Å²) in [6, 6.07) is 12.4. The fraction of sp³-hybridized carbons (Fsp3) is 0.238. The topological polar surface area (TPSA) is 42.4 Å². The smallest absolute Gasteiger partial charge is 0.260 e. The lowest BCUT2D eigenvalue weighted by Crippen LogP contribution is -2.38.